The van der Waals surface area contributed by atoms with E-state index in [4.69, 9.17) is 9.15 Å². The van der Waals surface area contributed by atoms with E-state index in [0.29, 0.717) is 0 Å². The highest BCUT2D eigenvalue weighted by Crippen LogP contribution is 2.46. The van der Waals surface area contributed by atoms with Crippen LogP contribution in [0.3, 0.4) is 0 Å². The molecular formula is C50H36N2O2. The van der Waals surface area contributed by atoms with Gasteiger partial charge in [-0.15, -0.1) is 0 Å². The van der Waals surface area contributed by atoms with Crippen LogP contribution in [0.1, 0.15) is 35.1 Å². The SMILES string of the molecule is Cc1ccc2c(c1)c1ccccc1n2C1=CC2c3cc(-c4ccc5oc6c(c5c4)=CC(n4c5ccccc5c5cc(C)ccc54)CC=6)ccc3OC2C=C1. The van der Waals surface area contributed by atoms with Crippen LogP contribution in [0.25, 0.3) is 83.6 Å². The number of furan rings is 1. The monoisotopic (exact) mass is 696 g/mol. The second-order valence-corrected chi connectivity index (χ2v) is 15.4. The minimum atomic E-state index is -0.0236. The van der Waals surface area contributed by atoms with E-state index >= 15 is 0 Å². The fourth-order valence-corrected chi connectivity index (χ4v) is 9.56. The third kappa shape index (κ3) is 4.25. The van der Waals surface area contributed by atoms with Gasteiger partial charge in [0.1, 0.15) is 22.9 Å². The molecule has 258 valence electrons. The molecule has 9 aromatic rings. The number of fused-ring (bicyclic) bond motifs is 12. The third-order valence-corrected chi connectivity index (χ3v) is 12.1. The second kappa shape index (κ2) is 11.0. The van der Waals surface area contributed by atoms with Gasteiger partial charge in [0.05, 0.1) is 17.1 Å². The number of hydrogen-bond acceptors (Lipinski definition) is 2. The van der Waals surface area contributed by atoms with Crippen molar-refractivity contribution in [3.05, 3.63) is 167 Å². The summed E-state index contributed by atoms with van der Waals surface area (Å²) in [6, 6.07) is 44.7. The molecule has 0 fully saturated rings. The van der Waals surface area contributed by atoms with Crippen molar-refractivity contribution in [2.24, 2.45) is 0 Å². The number of benzene rings is 6. The summed E-state index contributed by atoms with van der Waals surface area (Å²) in [5, 5.41) is 7.51. The van der Waals surface area contributed by atoms with E-state index < -0.39 is 0 Å². The molecule has 3 unspecified atom stereocenters. The van der Waals surface area contributed by atoms with Crippen molar-refractivity contribution in [3.8, 4) is 16.9 Å². The lowest BCUT2D eigenvalue weighted by atomic mass is 9.89. The van der Waals surface area contributed by atoms with Gasteiger partial charge in [0.25, 0.3) is 0 Å². The Hall–Kier alpha value is -6.52. The van der Waals surface area contributed by atoms with E-state index in [9.17, 15) is 0 Å². The summed E-state index contributed by atoms with van der Waals surface area (Å²) in [4.78, 5) is 0. The van der Waals surface area contributed by atoms with Gasteiger partial charge < -0.3 is 18.3 Å². The maximum atomic E-state index is 6.54. The summed E-state index contributed by atoms with van der Waals surface area (Å²) in [7, 11) is 0. The number of rotatable bonds is 3. The molecule has 3 aromatic heterocycles. The van der Waals surface area contributed by atoms with Gasteiger partial charge >= 0.3 is 0 Å². The minimum Gasteiger partial charge on any atom is -0.485 e. The Morgan fingerprint density at radius 3 is 2.15 bits per heavy atom. The van der Waals surface area contributed by atoms with Crippen molar-refractivity contribution in [2.75, 3.05) is 0 Å². The summed E-state index contributed by atoms with van der Waals surface area (Å²) in [6.07, 6.45) is 12.4. The molecule has 0 spiro atoms. The molecule has 4 heterocycles. The number of para-hydroxylation sites is 2. The average molecular weight is 697 g/mol. The first kappa shape index (κ1) is 30.0. The lowest BCUT2D eigenvalue weighted by Crippen LogP contribution is -2.26. The Morgan fingerprint density at radius 1 is 0.611 bits per heavy atom. The first-order valence-corrected chi connectivity index (χ1v) is 19.0. The van der Waals surface area contributed by atoms with Crippen molar-refractivity contribution in [3.63, 3.8) is 0 Å². The highest BCUT2D eigenvalue weighted by Gasteiger charge is 2.34. The normalized spacial score (nSPS) is 18.8. The molecular weight excluding hydrogens is 661 g/mol. The van der Waals surface area contributed by atoms with Crippen LogP contribution >= 0.6 is 0 Å². The van der Waals surface area contributed by atoms with Gasteiger partial charge in [0, 0.05) is 60.4 Å². The number of allylic oxidation sites excluding steroid dienone is 2. The van der Waals surface area contributed by atoms with Crippen LogP contribution in [0.4, 0.5) is 0 Å². The fraction of sp³-hybridized carbons (Fsp3) is 0.120. The van der Waals surface area contributed by atoms with Gasteiger partial charge in [-0.2, -0.15) is 0 Å². The smallest absolute Gasteiger partial charge is 0.135 e. The van der Waals surface area contributed by atoms with Crippen LogP contribution in [-0.2, 0) is 0 Å². The topological polar surface area (TPSA) is 32.2 Å². The Labute approximate surface area is 311 Å². The maximum absolute atomic E-state index is 6.54. The molecule has 0 saturated carbocycles. The Bertz CT molecular complexity index is 3270. The summed E-state index contributed by atoms with van der Waals surface area (Å²) in [5.41, 5.74) is 14.2. The summed E-state index contributed by atoms with van der Waals surface area (Å²) < 4.78 is 17.9. The lowest BCUT2D eigenvalue weighted by Gasteiger charge is -2.20. The van der Waals surface area contributed by atoms with E-state index in [1.54, 1.807) is 0 Å². The summed E-state index contributed by atoms with van der Waals surface area (Å²) >= 11 is 0. The van der Waals surface area contributed by atoms with Gasteiger partial charge in [-0.05, 0) is 122 Å². The van der Waals surface area contributed by atoms with Crippen molar-refractivity contribution in [1.29, 1.82) is 0 Å². The molecule has 0 N–H and O–H groups in total. The molecule has 0 bridgehead atoms. The van der Waals surface area contributed by atoms with Crippen LogP contribution in [0.2, 0.25) is 0 Å². The number of hydrogen-bond donors (Lipinski definition) is 0. The molecule has 1 aliphatic heterocycles. The zero-order valence-corrected chi connectivity index (χ0v) is 30.1. The molecule has 4 nitrogen and oxygen atoms in total. The van der Waals surface area contributed by atoms with Gasteiger partial charge in [0.2, 0.25) is 0 Å². The van der Waals surface area contributed by atoms with Gasteiger partial charge in [-0.3, -0.25) is 0 Å². The number of ether oxygens (including phenoxy) is 1. The second-order valence-electron chi connectivity index (χ2n) is 15.4. The highest BCUT2D eigenvalue weighted by atomic mass is 16.5. The maximum Gasteiger partial charge on any atom is 0.135 e. The van der Waals surface area contributed by atoms with Crippen molar-refractivity contribution >= 4 is 72.4 Å². The molecule has 0 amide bonds. The van der Waals surface area contributed by atoms with Gasteiger partial charge in [-0.1, -0.05) is 71.8 Å². The Balaban J connectivity index is 0.955. The zero-order chi connectivity index (χ0) is 35.7. The summed E-state index contributed by atoms with van der Waals surface area (Å²) in [5.74, 6) is 1.08. The van der Waals surface area contributed by atoms with Crippen LogP contribution in [0.15, 0.2) is 144 Å². The number of aromatic nitrogens is 2. The Kier molecular flexibility index (Phi) is 6.11. The first-order valence-electron chi connectivity index (χ1n) is 19.0. The highest BCUT2D eigenvalue weighted by molar-refractivity contribution is 6.11. The molecule has 2 aliphatic carbocycles. The fourth-order valence-electron chi connectivity index (χ4n) is 9.56. The molecule has 3 aliphatic rings. The van der Waals surface area contributed by atoms with Crippen molar-refractivity contribution < 1.29 is 9.15 Å². The van der Waals surface area contributed by atoms with E-state index in [1.165, 1.54) is 82.3 Å². The van der Waals surface area contributed by atoms with Crippen LogP contribution in [0, 0.1) is 13.8 Å². The molecule has 6 aromatic carbocycles. The molecule has 0 radical (unpaired) electrons. The van der Waals surface area contributed by atoms with Crippen LogP contribution in [-0.4, -0.2) is 15.2 Å². The van der Waals surface area contributed by atoms with Gasteiger partial charge in [0.15, 0.2) is 0 Å². The predicted molar refractivity (Wildman–Crippen MR) is 222 cm³/mol. The summed E-state index contributed by atoms with van der Waals surface area (Å²) in [6.45, 7) is 4.34. The molecule has 54 heavy (non-hydrogen) atoms. The van der Waals surface area contributed by atoms with E-state index in [2.05, 4.69) is 175 Å². The predicted octanol–water partition coefficient (Wildman–Crippen LogP) is 11.1. The average Bonchev–Trinajstić information content (AvgIpc) is 3.94. The van der Waals surface area contributed by atoms with Gasteiger partial charge in [-0.25, -0.2) is 0 Å². The number of nitrogens with zero attached hydrogens (tertiary/aromatic N) is 2. The molecule has 0 saturated heterocycles. The third-order valence-electron chi connectivity index (χ3n) is 12.1. The first-order chi connectivity index (χ1) is 26.6. The van der Waals surface area contributed by atoms with E-state index in [-0.39, 0.29) is 18.1 Å². The standard InChI is InChI=1S/C50H36N2O2/c1-29-11-17-45-37(23-29)35-7-3-5-9-43(35)51(45)33-15-21-49-41(27-33)39-25-31(13-19-47(39)53-49)32-14-20-48-40(26-32)42-28-34(16-22-50(42)54-48)52-44-10-6-4-8-36(44)38-24-30(2)12-18-46(38)52/h3-15,17-28,34,41,49H,16H2,1-2H3. The van der Waals surface area contributed by atoms with Crippen LogP contribution in [0.5, 0.6) is 5.75 Å². The molecule has 4 heteroatoms. The minimum absolute atomic E-state index is 0.0236. The molecule has 12 rings (SSSR count). The van der Waals surface area contributed by atoms with E-state index in [0.717, 1.165) is 28.6 Å². The zero-order valence-electron chi connectivity index (χ0n) is 30.1. The van der Waals surface area contributed by atoms with Crippen LogP contribution < -0.4 is 15.4 Å². The largest absolute Gasteiger partial charge is 0.485 e. The van der Waals surface area contributed by atoms with Crippen molar-refractivity contribution in [2.45, 2.75) is 38.3 Å². The quantitative estimate of drug-likeness (QED) is 0.184. The number of aryl methyl sites for hydroxylation is 2. The van der Waals surface area contributed by atoms with Crippen molar-refractivity contribution in [1.82, 2.24) is 9.13 Å². The lowest BCUT2D eigenvalue weighted by molar-refractivity contribution is 0.269. The molecule has 3 atom stereocenters. The Morgan fingerprint density at radius 2 is 1.30 bits per heavy atom. The van der Waals surface area contributed by atoms with E-state index in [1.807, 2.05) is 0 Å².